The number of aryl methyl sites for hydroxylation is 1. The predicted molar refractivity (Wildman–Crippen MR) is 85.9 cm³/mol. The van der Waals surface area contributed by atoms with Crippen molar-refractivity contribution >= 4 is 15.9 Å². The number of halogens is 2. The minimum Gasteiger partial charge on any atom is -0.361 e. The minimum absolute atomic E-state index is 0.212. The molecule has 0 atom stereocenters. The SMILES string of the molecule is Cc1cc(CN2CCN(Cc3ccc(F)c(Br)c3)CC2)no1. The van der Waals surface area contributed by atoms with Gasteiger partial charge in [0.1, 0.15) is 11.6 Å². The van der Waals surface area contributed by atoms with Gasteiger partial charge in [-0.1, -0.05) is 11.2 Å². The third-order valence-electron chi connectivity index (χ3n) is 3.92. The molecule has 2 heterocycles. The van der Waals surface area contributed by atoms with E-state index in [1.807, 2.05) is 25.1 Å². The molecule has 0 amide bonds. The van der Waals surface area contributed by atoms with E-state index in [-0.39, 0.29) is 5.82 Å². The van der Waals surface area contributed by atoms with Gasteiger partial charge < -0.3 is 4.52 Å². The molecule has 0 N–H and O–H groups in total. The molecule has 0 spiro atoms. The van der Waals surface area contributed by atoms with Crippen molar-refractivity contribution in [2.45, 2.75) is 20.0 Å². The van der Waals surface area contributed by atoms with Gasteiger partial charge in [-0.25, -0.2) is 4.39 Å². The summed E-state index contributed by atoms with van der Waals surface area (Å²) in [5.74, 6) is 0.645. The van der Waals surface area contributed by atoms with Crippen LogP contribution in [-0.2, 0) is 13.1 Å². The number of benzene rings is 1. The molecule has 0 saturated carbocycles. The highest BCUT2D eigenvalue weighted by molar-refractivity contribution is 9.10. The van der Waals surface area contributed by atoms with Crippen molar-refractivity contribution in [2.24, 2.45) is 0 Å². The Balaban J connectivity index is 1.50. The zero-order valence-electron chi connectivity index (χ0n) is 12.6. The van der Waals surface area contributed by atoms with Gasteiger partial charge in [0.15, 0.2) is 0 Å². The smallest absolute Gasteiger partial charge is 0.137 e. The van der Waals surface area contributed by atoms with E-state index in [9.17, 15) is 4.39 Å². The number of aromatic nitrogens is 1. The minimum atomic E-state index is -0.212. The molecule has 1 saturated heterocycles. The second-order valence-corrected chi connectivity index (χ2v) is 6.58. The molecule has 1 aliphatic heterocycles. The Bertz CT molecular complexity index is 638. The van der Waals surface area contributed by atoms with Gasteiger partial charge in [-0.05, 0) is 40.5 Å². The van der Waals surface area contributed by atoms with Gasteiger partial charge in [0.2, 0.25) is 0 Å². The maximum absolute atomic E-state index is 13.3. The first-order valence-electron chi connectivity index (χ1n) is 7.41. The summed E-state index contributed by atoms with van der Waals surface area (Å²) < 4.78 is 18.9. The van der Waals surface area contributed by atoms with Crippen molar-refractivity contribution < 1.29 is 8.91 Å². The van der Waals surface area contributed by atoms with Crippen LogP contribution in [-0.4, -0.2) is 41.1 Å². The van der Waals surface area contributed by atoms with Gasteiger partial charge in [0.05, 0.1) is 10.2 Å². The number of hydrogen-bond acceptors (Lipinski definition) is 4. The molecule has 1 aromatic heterocycles. The maximum Gasteiger partial charge on any atom is 0.137 e. The molecule has 22 heavy (non-hydrogen) atoms. The molecule has 118 valence electrons. The van der Waals surface area contributed by atoms with Crippen molar-refractivity contribution in [2.75, 3.05) is 26.2 Å². The molecule has 1 aliphatic rings. The molecule has 1 aromatic carbocycles. The van der Waals surface area contributed by atoms with E-state index in [1.54, 1.807) is 0 Å². The van der Waals surface area contributed by atoms with E-state index in [0.717, 1.165) is 56.3 Å². The second kappa shape index (κ2) is 6.89. The van der Waals surface area contributed by atoms with Crippen LogP contribution in [0.2, 0.25) is 0 Å². The van der Waals surface area contributed by atoms with E-state index in [1.165, 1.54) is 6.07 Å². The van der Waals surface area contributed by atoms with Gasteiger partial charge in [0, 0.05) is 45.3 Å². The zero-order chi connectivity index (χ0) is 15.5. The molecular formula is C16H19BrFN3O. The Morgan fingerprint density at radius 3 is 2.41 bits per heavy atom. The molecule has 1 fully saturated rings. The van der Waals surface area contributed by atoms with Crippen LogP contribution in [0.25, 0.3) is 0 Å². The zero-order valence-corrected chi connectivity index (χ0v) is 14.1. The summed E-state index contributed by atoms with van der Waals surface area (Å²) in [4.78, 5) is 4.78. The maximum atomic E-state index is 13.3. The van der Waals surface area contributed by atoms with Crippen LogP contribution in [0.4, 0.5) is 4.39 Å². The highest BCUT2D eigenvalue weighted by Crippen LogP contribution is 2.18. The van der Waals surface area contributed by atoms with Crippen molar-refractivity contribution in [3.63, 3.8) is 0 Å². The summed E-state index contributed by atoms with van der Waals surface area (Å²) in [6, 6.07) is 7.22. The normalized spacial score (nSPS) is 17.0. The van der Waals surface area contributed by atoms with Crippen molar-refractivity contribution in [3.05, 3.63) is 51.6 Å². The molecule has 6 heteroatoms. The fourth-order valence-corrected chi connectivity index (χ4v) is 3.15. The Labute approximate surface area is 138 Å². The first kappa shape index (κ1) is 15.6. The van der Waals surface area contributed by atoms with Crippen LogP contribution < -0.4 is 0 Å². The van der Waals surface area contributed by atoms with Gasteiger partial charge in [0.25, 0.3) is 0 Å². The van der Waals surface area contributed by atoms with Gasteiger partial charge >= 0.3 is 0 Å². The summed E-state index contributed by atoms with van der Waals surface area (Å²) in [6.45, 7) is 7.64. The van der Waals surface area contributed by atoms with E-state index >= 15 is 0 Å². The van der Waals surface area contributed by atoms with E-state index in [0.29, 0.717) is 4.47 Å². The van der Waals surface area contributed by atoms with Crippen LogP contribution in [0, 0.1) is 12.7 Å². The molecule has 2 aromatic rings. The number of rotatable bonds is 4. The second-order valence-electron chi connectivity index (χ2n) is 5.73. The van der Waals surface area contributed by atoms with Crippen LogP contribution in [0.15, 0.2) is 33.3 Å². The fourth-order valence-electron chi connectivity index (χ4n) is 2.72. The van der Waals surface area contributed by atoms with Gasteiger partial charge in [-0.2, -0.15) is 0 Å². The average molecular weight is 368 g/mol. The number of hydrogen-bond donors (Lipinski definition) is 0. The van der Waals surface area contributed by atoms with Crippen LogP contribution in [0.3, 0.4) is 0 Å². The summed E-state index contributed by atoms with van der Waals surface area (Å²) >= 11 is 3.24. The lowest BCUT2D eigenvalue weighted by Gasteiger charge is -2.34. The van der Waals surface area contributed by atoms with Crippen molar-refractivity contribution in [3.8, 4) is 0 Å². The monoisotopic (exact) mass is 367 g/mol. The third-order valence-corrected chi connectivity index (χ3v) is 4.53. The molecule has 0 bridgehead atoms. The Hall–Kier alpha value is -1.24. The first-order chi connectivity index (χ1) is 10.6. The highest BCUT2D eigenvalue weighted by atomic mass is 79.9. The highest BCUT2D eigenvalue weighted by Gasteiger charge is 2.18. The summed E-state index contributed by atoms with van der Waals surface area (Å²) in [5.41, 5.74) is 2.13. The standard InChI is InChI=1S/C16H19BrFN3O/c1-12-8-14(19-22-12)11-21-6-4-20(5-7-21)10-13-2-3-16(18)15(17)9-13/h2-3,8-9H,4-7,10-11H2,1H3. The van der Waals surface area contributed by atoms with Crippen molar-refractivity contribution in [1.29, 1.82) is 0 Å². The number of piperazine rings is 1. The van der Waals surface area contributed by atoms with Crippen LogP contribution >= 0.6 is 15.9 Å². The van der Waals surface area contributed by atoms with Gasteiger partial charge in [-0.3, -0.25) is 9.80 Å². The van der Waals surface area contributed by atoms with E-state index in [2.05, 4.69) is 30.9 Å². The summed E-state index contributed by atoms with van der Waals surface area (Å²) in [7, 11) is 0. The largest absolute Gasteiger partial charge is 0.361 e. The Morgan fingerprint density at radius 1 is 1.14 bits per heavy atom. The fraction of sp³-hybridized carbons (Fsp3) is 0.438. The van der Waals surface area contributed by atoms with Crippen LogP contribution in [0.5, 0.6) is 0 Å². The molecule has 0 aliphatic carbocycles. The average Bonchev–Trinajstić information content (AvgIpc) is 2.90. The summed E-state index contributed by atoms with van der Waals surface area (Å²) in [6.07, 6.45) is 0. The predicted octanol–water partition coefficient (Wildman–Crippen LogP) is 3.20. The number of nitrogens with zero attached hydrogens (tertiary/aromatic N) is 3. The topological polar surface area (TPSA) is 32.5 Å². The molecule has 4 nitrogen and oxygen atoms in total. The lowest BCUT2D eigenvalue weighted by Crippen LogP contribution is -2.45. The van der Waals surface area contributed by atoms with E-state index < -0.39 is 0 Å². The third kappa shape index (κ3) is 3.94. The molecule has 0 radical (unpaired) electrons. The van der Waals surface area contributed by atoms with E-state index in [4.69, 9.17) is 4.52 Å². The quantitative estimate of drug-likeness (QED) is 0.830. The van der Waals surface area contributed by atoms with Gasteiger partial charge in [-0.15, -0.1) is 0 Å². The lowest BCUT2D eigenvalue weighted by molar-refractivity contribution is 0.120. The summed E-state index contributed by atoms with van der Waals surface area (Å²) in [5, 5.41) is 4.04. The molecule has 3 rings (SSSR count). The molecular weight excluding hydrogens is 349 g/mol. The Morgan fingerprint density at radius 2 is 1.82 bits per heavy atom. The first-order valence-corrected chi connectivity index (χ1v) is 8.20. The lowest BCUT2D eigenvalue weighted by atomic mass is 10.2. The van der Waals surface area contributed by atoms with Crippen molar-refractivity contribution in [1.82, 2.24) is 15.0 Å². The molecule has 0 unspecified atom stereocenters. The van der Waals surface area contributed by atoms with Crippen LogP contribution in [0.1, 0.15) is 17.0 Å². The Kier molecular flexibility index (Phi) is 4.90.